The van der Waals surface area contributed by atoms with Gasteiger partial charge in [-0.3, -0.25) is 14.3 Å². The molecule has 0 unspecified atom stereocenters. The molecular formula is C11H18N4O3. The molecule has 0 aliphatic rings. The van der Waals surface area contributed by atoms with Crippen LogP contribution < -0.4 is 5.73 Å². The Balaban J connectivity index is 2.84. The maximum absolute atomic E-state index is 12.1. The molecule has 0 saturated heterocycles. The molecule has 0 aliphatic carbocycles. The quantitative estimate of drug-likeness (QED) is 0.760. The summed E-state index contributed by atoms with van der Waals surface area (Å²) in [6, 6.07) is 0. The fourth-order valence-electron chi connectivity index (χ4n) is 1.58. The molecule has 1 rings (SSSR count). The molecule has 0 aliphatic heterocycles. The summed E-state index contributed by atoms with van der Waals surface area (Å²) < 4.78 is 6.19. The van der Waals surface area contributed by atoms with E-state index in [1.807, 2.05) is 0 Å². The largest absolute Gasteiger partial charge is 0.465 e. The van der Waals surface area contributed by atoms with E-state index in [1.165, 1.54) is 16.6 Å². The first-order valence-electron chi connectivity index (χ1n) is 5.58. The van der Waals surface area contributed by atoms with Gasteiger partial charge in [0, 0.05) is 14.1 Å². The molecule has 0 spiro atoms. The molecule has 7 nitrogen and oxygen atoms in total. The van der Waals surface area contributed by atoms with Crippen LogP contribution in [0.3, 0.4) is 0 Å². The Bertz CT molecular complexity index is 467. The zero-order chi connectivity index (χ0) is 13.9. The van der Waals surface area contributed by atoms with Crippen molar-refractivity contribution in [2.75, 3.05) is 25.9 Å². The van der Waals surface area contributed by atoms with Crippen LogP contribution >= 0.6 is 0 Å². The first-order chi connectivity index (χ1) is 8.38. The molecule has 1 aromatic heterocycles. The van der Waals surface area contributed by atoms with E-state index in [-0.39, 0.29) is 24.8 Å². The number of ether oxygens (including phenoxy) is 1. The van der Waals surface area contributed by atoms with E-state index in [0.717, 1.165) is 0 Å². The van der Waals surface area contributed by atoms with Gasteiger partial charge in [-0.1, -0.05) is 0 Å². The lowest BCUT2D eigenvalue weighted by molar-refractivity contribution is -0.143. The van der Waals surface area contributed by atoms with Gasteiger partial charge in [-0.15, -0.1) is 0 Å². The summed E-state index contributed by atoms with van der Waals surface area (Å²) in [5, 5.41) is 4.06. The Hall–Kier alpha value is -2.05. The van der Waals surface area contributed by atoms with Gasteiger partial charge in [-0.05, 0) is 13.8 Å². The molecule has 100 valence electrons. The van der Waals surface area contributed by atoms with E-state index >= 15 is 0 Å². The molecule has 0 bridgehead atoms. The average Bonchev–Trinajstić information content (AvgIpc) is 2.52. The number of likely N-dealkylation sites (N-methyl/N-ethyl adjacent to an activating group) is 1. The van der Waals surface area contributed by atoms with Crippen LogP contribution in [0.2, 0.25) is 0 Å². The molecule has 7 heteroatoms. The number of hydrogen-bond acceptors (Lipinski definition) is 5. The standard InChI is InChI=1S/C11H18N4O3/c1-5-18-8(16)6-14(3)11(17)10-9(12)7(2)13-15(10)4/h5-6,12H2,1-4H3. The van der Waals surface area contributed by atoms with Crippen LogP contribution in [0.5, 0.6) is 0 Å². The van der Waals surface area contributed by atoms with Gasteiger partial charge >= 0.3 is 5.97 Å². The fraction of sp³-hybridized carbons (Fsp3) is 0.545. The molecule has 1 amide bonds. The summed E-state index contributed by atoms with van der Waals surface area (Å²) in [7, 11) is 3.15. The highest BCUT2D eigenvalue weighted by Crippen LogP contribution is 2.16. The van der Waals surface area contributed by atoms with Crippen LogP contribution in [0, 0.1) is 6.92 Å². The van der Waals surface area contributed by atoms with Gasteiger partial charge in [0.15, 0.2) is 0 Å². The molecule has 2 N–H and O–H groups in total. The number of esters is 1. The third-order valence-corrected chi connectivity index (χ3v) is 2.49. The second-order valence-electron chi connectivity index (χ2n) is 3.94. The Kier molecular flexibility index (Phi) is 4.30. The van der Waals surface area contributed by atoms with Crippen LogP contribution in [0.1, 0.15) is 23.1 Å². The minimum atomic E-state index is -0.453. The van der Waals surface area contributed by atoms with Crippen molar-refractivity contribution in [2.24, 2.45) is 7.05 Å². The number of carbonyl (C=O) groups is 2. The second-order valence-corrected chi connectivity index (χ2v) is 3.94. The molecule has 0 aromatic carbocycles. The zero-order valence-electron chi connectivity index (χ0n) is 11.1. The lowest BCUT2D eigenvalue weighted by atomic mass is 10.3. The van der Waals surface area contributed by atoms with Crippen molar-refractivity contribution in [3.05, 3.63) is 11.4 Å². The number of aryl methyl sites for hydroxylation is 2. The molecule has 0 atom stereocenters. The van der Waals surface area contributed by atoms with Crippen LogP contribution in [0.15, 0.2) is 0 Å². The third-order valence-electron chi connectivity index (χ3n) is 2.49. The van der Waals surface area contributed by atoms with Crippen LogP contribution in [0.25, 0.3) is 0 Å². The highest BCUT2D eigenvalue weighted by molar-refractivity contribution is 5.99. The van der Waals surface area contributed by atoms with Gasteiger partial charge in [0.1, 0.15) is 12.2 Å². The molecular weight excluding hydrogens is 236 g/mol. The Morgan fingerprint density at radius 1 is 1.50 bits per heavy atom. The van der Waals surface area contributed by atoms with Crippen molar-refractivity contribution in [2.45, 2.75) is 13.8 Å². The molecule has 0 fully saturated rings. The molecule has 1 heterocycles. The van der Waals surface area contributed by atoms with E-state index in [9.17, 15) is 9.59 Å². The van der Waals surface area contributed by atoms with Crippen molar-refractivity contribution in [3.8, 4) is 0 Å². The van der Waals surface area contributed by atoms with Crippen molar-refractivity contribution in [1.29, 1.82) is 0 Å². The highest BCUT2D eigenvalue weighted by Gasteiger charge is 2.22. The second kappa shape index (κ2) is 5.52. The van der Waals surface area contributed by atoms with Crippen molar-refractivity contribution >= 4 is 17.6 Å². The number of aromatic nitrogens is 2. The summed E-state index contributed by atoms with van der Waals surface area (Å²) >= 11 is 0. The monoisotopic (exact) mass is 254 g/mol. The number of carbonyl (C=O) groups excluding carboxylic acids is 2. The van der Waals surface area contributed by atoms with E-state index < -0.39 is 5.97 Å². The number of nitrogen functional groups attached to an aromatic ring is 1. The summed E-state index contributed by atoms with van der Waals surface area (Å²) in [5.41, 5.74) is 6.98. The minimum absolute atomic E-state index is 0.115. The number of hydrogen-bond donors (Lipinski definition) is 1. The zero-order valence-corrected chi connectivity index (χ0v) is 11.1. The van der Waals surface area contributed by atoms with Gasteiger partial charge in [-0.25, -0.2) is 0 Å². The number of anilines is 1. The lowest BCUT2D eigenvalue weighted by Gasteiger charge is -2.16. The first kappa shape index (κ1) is 14.0. The summed E-state index contributed by atoms with van der Waals surface area (Å²) in [4.78, 5) is 24.7. The van der Waals surface area contributed by atoms with Gasteiger partial charge in [0.05, 0.1) is 18.0 Å². The summed E-state index contributed by atoms with van der Waals surface area (Å²) in [6.45, 7) is 3.60. The highest BCUT2D eigenvalue weighted by atomic mass is 16.5. The number of amides is 1. The van der Waals surface area contributed by atoms with Crippen LogP contribution in [0.4, 0.5) is 5.69 Å². The molecule has 0 saturated carbocycles. The normalized spacial score (nSPS) is 10.2. The Labute approximate surface area is 105 Å². The van der Waals surface area contributed by atoms with E-state index in [4.69, 9.17) is 10.5 Å². The van der Waals surface area contributed by atoms with Crippen molar-refractivity contribution < 1.29 is 14.3 Å². The van der Waals surface area contributed by atoms with Crippen LogP contribution in [-0.2, 0) is 16.6 Å². The molecule has 0 radical (unpaired) electrons. The molecule has 18 heavy (non-hydrogen) atoms. The van der Waals surface area contributed by atoms with Gasteiger partial charge in [0.25, 0.3) is 5.91 Å². The minimum Gasteiger partial charge on any atom is -0.465 e. The Morgan fingerprint density at radius 2 is 2.11 bits per heavy atom. The van der Waals surface area contributed by atoms with Gasteiger partial charge in [-0.2, -0.15) is 5.10 Å². The maximum Gasteiger partial charge on any atom is 0.325 e. The maximum atomic E-state index is 12.1. The smallest absolute Gasteiger partial charge is 0.325 e. The number of rotatable bonds is 4. The fourth-order valence-corrected chi connectivity index (χ4v) is 1.58. The third kappa shape index (κ3) is 2.79. The van der Waals surface area contributed by atoms with Crippen LogP contribution in [-0.4, -0.2) is 46.8 Å². The summed E-state index contributed by atoms with van der Waals surface area (Å²) in [6.07, 6.45) is 0. The van der Waals surface area contributed by atoms with Crippen molar-refractivity contribution in [1.82, 2.24) is 14.7 Å². The van der Waals surface area contributed by atoms with E-state index in [0.29, 0.717) is 11.4 Å². The Morgan fingerprint density at radius 3 is 2.56 bits per heavy atom. The summed E-state index contributed by atoms with van der Waals surface area (Å²) in [5.74, 6) is -0.811. The van der Waals surface area contributed by atoms with Crippen molar-refractivity contribution in [3.63, 3.8) is 0 Å². The number of nitrogens with zero attached hydrogens (tertiary/aromatic N) is 3. The first-order valence-corrected chi connectivity index (χ1v) is 5.58. The topological polar surface area (TPSA) is 90.4 Å². The molecule has 1 aromatic rings. The van der Waals surface area contributed by atoms with E-state index in [1.54, 1.807) is 20.9 Å². The predicted molar refractivity (Wildman–Crippen MR) is 66.0 cm³/mol. The predicted octanol–water partition coefficient (Wildman–Crippen LogP) is -0.0542. The van der Waals surface area contributed by atoms with Gasteiger partial charge < -0.3 is 15.4 Å². The average molecular weight is 254 g/mol. The lowest BCUT2D eigenvalue weighted by Crippen LogP contribution is -2.34. The van der Waals surface area contributed by atoms with Gasteiger partial charge in [0.2, 0.25) is 0 Å². The number of nitrogens with two attached hydrogens (primary N) is 1. The SMILES string of the molecule is CCOC(=O)CN(C)C(=O)c1c(N)c(C)nn1C. The van der Waals surface area contributed by atoms with E-state index in [2.05, 4.69) is 5.10 Å².